The van der Waals surface area contributed by atoms with Gasteiger partial charge >= 0.3 is 0 Å². The van der Waals surface area contributed by atoms with Crippen LogP contribution in [0, 0.1) is 11.8 Å². The SMILES string of the molecule is CCOc1ccccc1C(=O)Nc1cccc(C#Cc2cccs2)c1. The van der Waals surface area contributed by atoms with Crippen LogP contribution in [0.25, 0.3) is 0 Å². The Morgan fingerprint density at radius 2 is 1.96 bits per heavy atom. The van der Waals surface area contributed by atoms with Crippen molar-refractivity contribution in [2.75, 3.05) is 11.9 Å². The summed E-state index contributed by atoms with van der Waals surface area (Å²) in [4.78, 5) is 13.6. The summed E-state index contributed by atoms with van der Waals surface area (Å²) in [6.45, 7) is 2.41. The lowest BCUT2D eigenvalue weighted by molar-refractivity contribution is 0.102. The molecule has 25 heavy (non-hydrogen) atoms. The molecule has 0 bridgehead atoms. The van der Waals surface area contributed by atoms with E-state index in [0.717, 1.165) is 10.4 Å². The molecule has 1 amide bonds. The highest BCUT2D eigenvalue weighted by molar-refractivity contribution is 7.10. The van der Waals surface area contributed by atoms with Crippen molar-refractivity contribution in [3.05, 3.63) is 82.0 Å². The van der Waals surface area contributed by atoms with Crippen molar-refractivity contribution in [1.29, 1.82) is 0 Å². The average molecular weight is 347 g/mol. The van der Waals surface area contributed by atoms with Crippen LogP contribution in [-0.4, -0.2) is 12.5 Å². The van der Waals surface area contributed by atoms with E-state index in [0.29, 0.717) is 23.6 Å². The summed E-state index contributed by atoms with van der Waals surface area (Å²) in [6.07, 6.45) is 0. The Bertz CT molecular complexity index is 920. The van der Waals surface area contributed by atoms with Gasteiger partial charge in [-0.05, 0) is 48.7 Å². The molecule has 124 valence electrons. The Kier molecular flexibility index (Phi) is 5.50. The van der Waals surface area contributed by atoms with Crippen molar-refractivity contribution < 1.29 is 9.53 Å². The first-order valence-corrected chi connectivity index (χ1v) is 8.83. The minimum atomic E-state index is -0.201. The molecule has 1 N–H and O–H groups in total. The van der Waals surface area contributed by atoms with Gasteiger partial charge < -0.3 is 10.1 Å². The number of rotatable bonds is 4. The van der Waals surface area contributed by atoms with E-state index in [1.807, 2.05) is 60.8 Å². The lowest BCUT2D eigenvalue weighted by Gasteiger charge is -2.10. The Labute approximate surface area is 151 Å². The summed E-state index contributed by atoms with van der Waals surface area (Å²) in [5, 5.41) is 4.90. The Morgan fingerprint density at radius 3 is 2.76 bits per heavy atom. The number of para-hydroxylation sites is 1. The summed E-state index contributed by atoms with van der Waals surface area (Å²) in [5.41, 5.74) is 2.07. The zero-order valence-electron chi connectivity index (χ0n) is 13.8. The van der Waals surface area contributed by atoms with Crippen LogP contribution >= 0.6 is 11.3 Å². The second kappa shape index (κ2) is 8.18. The summed E-state index contributed by atoms with van der Waals surface area (Å²) >= 11 is 1.60. The fourth-order valence-corrected chi connectivity index (χ4v) is 2.86. The van der Waals surface area contributed by atoms with Crippen LogP contribution in [-0.2, 0) is 0 Å². The highest BCUT2D eigenvalue weighted by atomic mass is 32.1. The van der Waals surface area contributed by atoms with E-state index < -0.39 is 0 Å². The minimum absolute atomic E-state index is 0.201. The lowest BCUT2D eigenvalue weighted by Crippen LogP contribution is -2.13. The third-order valence-corrected chi connectivity index (χ3v) is 4.19. The standard InChI is InChI=1S/C21H17NO2S/c1-2-24-20-11-4-3-10-19(20)21(23)22-17-8-5-7-16(15-17)12-13-18-9-6-14-25-18/h3-11,14-15H,2H2,1H3,(H,22,23). The predicted molar refractivity (Wildman–Crippen MR) is 102 cm³/mol. The van der Waals surface area contributed by atoms with Gasteiger partial charge in [-0.15, -0.1) is 11.3 Å². The Balaban J connectivity index is 1.77. The maximum absolute atomic E-state index is 12.5. The van der Waals surface area contributed by atoms with Gasteiger partial charge in [0.2, 0.25) is 0 Å². The largest absolute Gasteiger partial charge is 0.493 e. The van der Waals surface area contributed by atoms with E-state index >= 15 is 0 Å². The van der Waals surface area contributed by atoms with Crippen molar-refractivity contribution in [2.24, 2.45) is 0 Å². The minimum Gasteiger partial charge on any atom is -0.493 e. The highest BCUT2D eigenvalue weighted by Gasteiger charge is 2.12. The second-order valence-corrected chi connectivity index (χ2v) is 6.14. The van der Waals surface area contributed by atoms with Gasteiger partial charge in [-0.1, -0.05) is 36.1 Å². The number of carbonyl (C=O) groups is 1. The van der Waals surface area contributed by atoms with Gasteiger partial charge in [-0.3, -0.25) is 4.79 Å². The zero-order chi connectivity index (χ0) is 17.5. The molecule has 0 radical (unpaired) electrons. The fraction of sp³-hybridized carbons (Fsp3) is 0.0952. The Morgan fingerprint density at radius 1 is 1.08 bits per heavy atom. The topological polar surface area (TPSA) is 38.3 Å². The maximum atomic E-state index is 12.5. The number of ether oxygens (including phenoxy) is 1. The molecule has 0 saturated heterocycles. The molecule has 1 aromatic heterocycles. The van der Waals surface area contributed by atoms with Crippen LogP contribution in [0.3, 0.4) is 0 Å². The maximum Gasteiger partial charge on any atom is 0.259 e. The Hall–Kier alpha value is -3.03. The number of nitrogens with one attached hydrogen (secondary N) is 1. The molecule has 0 atom stereocenters. The number of carbonyl (C=O) groups excluding carboxylic acids is 1. The first-order valence-electron chi connectivity index (χ1n) is 7.95. The molecule has 3 aromatic rings. The molecule has 0 spiro atoms. The highest BCUT2D eigenvalue weighted by Crippen LogP contribution is 2.20. The molecule has 3 rings (SSSR count). The van der Waals surface area contributed by atoms with Crippen molar-refractivity contribution in [3.63, 3.8) is 0 Å². The third-order valence-electron chi connectivity index (χ3n) is 3.40. The van der Waals surface area contributed by atoms with Crippen LogP contribution in [0.4, 0.5) is 5.69 Å². The quantitative estimate of drug-likeness (QED) is 0.689. The number of benzene rings is 2. The molecule has 2 aromatic carbocycles. The van der Waals surface area contributed by atoms with Gasteiger partial charge in [0.1, 0.15) is 5.75 Å². The van der Waals surface area contributed by atoms with Gasteiger partial charge in [-0.25, -0.2) is 0 Å². The third kappa shape index (κ3) is 4.50. The molecule has 0 saturated carbocycles. The van der Waals surface area contributed by atoms with E-state index in [1.54, 1.807) is 23.5 Å². The van der Waals surface area contributed by atoms with Gasteiger partial charge in [0, 0.05) is 11.3 Å². The molecule has 0 aliphatic carbocycles. The van der Waals surface area contributed by atoms with Crippen LogP contribution in [0.1, 0.15) is 27.7 Å². The van der Waals surface area contributed by atoms with Crippen LogP contribution in [0.15, 0.2) is 66.0 Å². The molecule has 3 nitrogen and oxygen atoms in total. The normalized spacial score (nSPS) is 9.80. The number of hydrogen-bond donors (Lipinski definition) is 1. The van der Waals surface area contributed by atoms with Gasteiger partial charge in [0.15, 0.2) is 0 Å². The average Bonchev–Trinajstić information content (AvgIpc) is 3.15. The lowest BCUT2D eigenvalue weighted by atomic mass is 10.1. The fourth-order valence-electron chi connectivity index (χ4n) is 2.29. The molecule has 0 fully saturated rings. The number of anilines is 1. The monoisotopic (exact) mass is 347 g/mol. The van der Waals surface area contributed by atoms with Crippen LogP contribution in [0.5, 0.6) is 5.75 Å². The number of amides is 1. The van der Waals surface area contributed by atoms with Crippen molar-refractivity contribution in [1.82, 2.24) is 0 Å². The van der Waals surface area contributed by atoms with Gasteiger partial charge in [0.25, 0.3) is 5.91 Å². The second-order valence-electron chi connectivity index (χ2n) is 5.19. The van der Waals surface area contributed by atoms with Gasteiger partial charge in [0.05, 0.1) is 17.0 Å². The van der Waals surface area contributed by atoms with E-state index in [1.165, 1.54) is 0 Å². The predicted octanol–water partition coefficient (Wildman–Crippen LogP) is 4.80. The van der Waals surface area contributed by atoms with Crippen molar-refractivity contribution >= 4 is 22.9 Å². The molecule has 0 unspecified atom stereocenters. The summed E-state index contributed by atoms with van der Waals surface area (Å²) in [5.74, 6) is 6.61. The van der Waals surface area contributed by atoms with Crippen molar-refractivity contribution in [2.45, 2.75) is 6.92 Å². The van der Waals surface area contributed by atoms with Crippen molar-refractivity contribution in [3.8, 4) is 17.6 Å². The first-order chi connectivity index (χ1) is 12.3. The molecular formula is C21H17NO2S. The van der Waals surface area contributed by atoms with Crippen LogP contribution in [0.2, 0.25) is 0 Å². The van der Waals surface area contributed by atoms with E-state index in [4.69, 9.17) is 4.74 Å². The van der Waals surface area contributed by atoms with E-state index in [-0.39, 0.29) is 5.91 Å². The number of hydrogen-bond acceptors (Lipinski definition) is 3. The van der Waals surface area contributed by atoms with Crippen LogP contribution < -0.4 is 10.1 Å². The molecule has 0 aliphatic heterocycles. The van der Waals surface area contributed by atoms with Gasteiger partial charge in [-0.2, -0.15) is 0 Å². The smallest absolute Gasteiger partial charge is 0.259 e. The molecule has 4 heteroatoms. The molecule has 1 heterocycles. The van der Waals surface area contributed by atoms with E-state index in [2.05, 4.69) is 17.2 Å². The zero-order valence-corrected chi connectivity index (χ0v) is 14.6. The summed E-state index contributed by atoms with van der Waals surface area (Å²) in [6, 6.07) is 18.7. The summed E-state index contributed by atoms with van der Waals surface area (Å²) in [7, 11) is 0. The first kappa shape index (κ1) is 16.8. The number of thiophene rings is 1. The molecular weight excluding hydrogens is 330 g/mol. The summed E-state index contributed by atoms with van der Waals surface area (Å²) < 4.78 is 5.52. The van der Waals surface area contributed by atoms with E-state index in [9.17, 15) is 4.79 Å². The molecule has 0 aliphatic rings.